The lowest BCUT2D eigenvalue weighted by molar-refractivity contribution is 0.0697. The summed E-state index contributed by atoms with van der Waals surface area (Å²) in [5, 5.41) is 12.7. The molecule has 1 aliphatic carbocycles. The Morgan fingerprint density at radius 2 is 2.22 bits per heavy atom. The van der Waals surface area contributed by atoms with Crippen molar-refractivity contribution in [1.82, 2.24) is 0 Å². The molecule has 98 valence electrons. The van der Waals surface area contributed by atoms with E-state index in [0.717, 1.165) is 19.4 Å². The summed E-state index contributed by atoms with van der Waals surface area (Å²) in [5.41, 5.74) is 6.81. The second-order valence-electron chi connectivity index (χ2n) is 5.25. The molecule has 5 heteroatoms. The summed E-state index contributed by atoms with van der Waals surface area (Å²) in [6.45, 7) is 2.92. The van der Waals surface area contributed by atoms with Crippen LogP contribution in [0.2, 0.25) is 5.02 Å². The lowest BCUT2D eigenvalue weighted by Gasteiger charge is -2.38. The maximum Gasteiger partial charge on any atom is 0.337 e. The van der Waals surface area contributed by atoms with Gasteiger partial charge in [0.15, 0.2) is 0 Å². The number of halogens is 1. The highest BCUT2D eigenvalue weighted by Gasteiger charge is 2.31. The lowest BCUT2D eigenvalue weighted by Crippen LogP contribution is -2.33. The van der Waals surface area contributed by atoms with E-state index >= 15 is 0 Å². The number of nitrogen functional groups attached to an aromatic ring is 1. The van der Waals surface area contributed by atoms with Crippen LogP contribution in [0.15, 0.2) is 12.1 Å². The number of nitrogens with one attached hydrogen (secondary N) is 1. The first-order chi connectivity index (χ1) is 8.41. The molecule has 0 bridgehead atoms. The molecular formula is C13H17ClN2O2. The van der Waals surface area contributed by atoms with Gasteiger partial charge in [-0.2, -0.15) is 0 Å². The summed E-state index contributed by atoms with van der Waals surface area (Å²) >= 11 is 6.06. The number of carboxylic acids is 1. The van der Waals surface area contributed by atoms with Crippen LogP contribution >= 0.6 is 11.6 Å². The van der Waals surface area contributed by atoms with Gasteiger partial charge in [-0.3, -0.25) is 0 Å². The zero-order valence-electron chi connectivity index (χ0n) is 10.3. The smallest absolute Gasteiger partial charge is 0.337 e. The average Bonchev–Trinajstić information content (AvgIpc) is 2.24. The molecule has 0 amide bonds. The van der Waals surface area contributed by atoms with Gasteiger partial charge in [0.25, 0.3) is 0 Å². The van der Waals surface area contributed by atoms with E-state index in [1.165, 1.54) is 12.5 Å². The van der Waals surface area contributed by atoms with Gasteiger partial charge in [0.1, 0.15) is 0 Å². The molecule has 0 aliphatic heterocycles. The summed E-state index contributed by atoms with van der Waals surface area (Å²) in [7, 11) is 0. The Morgan fingerprint density at radius 3 is 2.72 bits per heavy atom. The molecule has 0 heterocycles. The van der Waals surface area contributed by atoms with Crippen LogP contribution < -0.4 is 11.1 Å². The molecule has 1 aromatic carbocycles. The lowest BCUT2D eigenvalue weighted by atomic mass is 9.70. The Morgan fingerprint density at radius 1 is 1.56 bits per heavy atom. The molecule has 0 saturated heterocycles. The van der Waals surface area contributed by atoms with Crippen LogP contribution in [0.4, 0.5) is 11.4 Å². The van der Waals surface area contributed by atoms with E-state index in [1.807, 2.05) is 0 Å². The zero-order valence-corrected chi connectivity index (χ0v) is 11.0. The van der Waals surface area contributed by atoms with E-state index in [0.29, 0.717) is 16.4 Å². The van der Waals surface area contributed by atoms with Gasteiger partial charge in [-0.05, 0) is 30.4 Å². The van der Waals surface area contributed by atoms with Crippen LogP contribution in [0.3, 0.4) is 0 Å². The largest absolute Gasteiger partial charge is 0.478 e. The summed E-state index contributed by atoms with van der Waals surface area (Å²) < 4.78 is 0. The van der Waals surface area contributed by atoms with Crippen molar-refractivity contribution in [2.24, 2.45) is 5.41 Å². The van der Waals surface area contributed by atoms with Gasteiger partial charge in [0.05, 0.1) is 16.3 Å². The number of hydrogen-bond donors (Lipinski definition) is 3. The molecule has 1 aliphatic rings. The van der Waals surface area contributed by atoms with Gasteiger partial charge in [-0.1, -0.05) is 24.9 Å². The highest BCUT2D eigenvalue weighted by atomic mass is 35.5. The van der Waals surface area contributed by atoms with Gasteiger partial charge >= 0.3 is 5.97 Å². The minimum absolute atomic E-state index is 0.128. The summed E-state index contributed by atoms with van der Waals surface area (Å²) in [6, 6.07) is 3.00. The summed E-state index contributed by atoms with van der Waals surface area (Å²) in [6.07, 6.45) is 3.56. The van der Waals surface area contributed by atoms with Crippen LogP contribution in [0.1, 0.15) is 36.5 Å². The third-order valence-corrected chi connectivity index (χ3v) is 3.89. The molecule has 1 saturated carbocycles. The molecule has 0 spiro atoms. The molecule has 1 fully saturated rings. The molecule has 0 unspecified atom stereocenters. The van der Waals surface area contributed by atoms with Crippen molar-refractivity contribution >= 4 is 28.9 Å². The first-order valence-electron chi connectivity index (χ1n) is 5.97. The predicted molar refractivity (Wildman–Crippen MR) is 73.3 cm³/mol. The number of anilines is 2. The van der Waals surface area contributed by atoms with Crippen LogP contribution in [0, 0.1) is 5.41 Å². The van der Waals surface area contributed by atoms with E-state index in [-0.39, 0.29) is 11.0 Å². The minimum atomic E-state index is -1.02. The number of benzene rings is 1. The van der Waals surface area contributed by atoms with Crippen molar-refractivity contribution < 1.29 is 9.90 Å². The second-order valence-corrected chi connectivity index (χ2v) is 5.66. The molecule has 0 aromatic heterocycles. The molecule has 4 nitrogen and oxygen atoms in total. The number of nitrogens with two attached hydrogens (primary N) is 1. The third-order valence-electron chi connectivity index (χ3n) is 3.60. The van der Waals surface area contributed by atoms with E-state index in [9.17, 15) is 4.79 Å². The van der Waals surface area contributed by atoms with Gasteiger partial charge in [0.2, 0.25) is 0 Å². The van der Waals surface area contributed by atoms with Gasteiger partial charge < -0.3 is 16.2 Å². The number of hydrogen-bond acceptors (Lipinski definition) is 3. The van der Waals surface area contributed by atoms with Crippen molar-refractivity contribution in [2.45, 2.75) is 26.2 Å². The van der Waals surface area contributed by atoms with Gasteiger partial charge in [0, 0.05) is 12.2 Å². The van der Waals surface area contributed by atoms with Crippen LogP contribution in [-0.4, -0.2) is 17.6 Å². The molecule has 0 radical (unpaired) electrons. The Hall–Kier alpha value is -1.42. The number of carboxylic acid groups (broad SMARTS) is 1. The van der Waals surface area contributed by atoms with E-state index in [4.69, 9.17) is 22.4 Å². The van der Waals surface area contributed by atoms with Crippen LogP contribution in [0.25, 0.3) is 0 Å². The standard InChI is InChI=1S/C13H17ClN2O2/c1-13(3-2-4-13)7-16-11-9(12(17)18)5-8(15)6-10(11)14/h5-6,16H,2-4,7,15H2,1H3,(H,17,18). The van der Waals surface area contributed by atoms with Crippen LogP contribution in [-0.2, 0) is 0 Å². The topological polar surface area (TPSA) is 75.3 Å². The molecule has 0 atom stereocenters. The highest BCUT2D eigenvalue weighted by molar-refractivity contribution is 6.34. The monoisotopic (exact) mass is 268 g/mol. The predicted octanol–water partition coefficient (Wildman–Crippen LogP) is 3.22. The third kappa shape index (κ3) is 2.53. The van der Waals surface area contributed by atoms with Crippen molar-refractivity contribution in [2.75, 3.05) is 17.6 Å². The molecule has 1 aromatic rings. The highest BCUT2D eigenvalue weighted by Crippen LogP contribution is 2.41. The van der Waals surface area contributed by atoms with E-state index in [2.05, 4.69) is 12.2 Å². The summed E-state index contributed by atoms with van der Waals surface area (Å²) in [5.74, 6) is -1.02. The fourth-order valence-corrected chi connectivity index (χ4v) is 2.53. The Labute approximate surface area is 111 Å². The SMILES string of the molecule is CC1(CNc2c(Cl)cc(N)cc2C(=O)O)CCC1. The zero-order chi connectivity index (χ0) is 13.3. The molecule has 18 heavy (non-hydrogen) atoms. The van der Waals surface area contributed by atoms with Crippen molar-refractivity contribution in [3.05, 3.63) is 22.7 Å². The quantitative estimate of drug-likeness (QED) is 0.733. The van der Waals surface area contributed by atoms with Crippen molar-refractivity contribution in [3.8, 4) is 0 Å². The maximum absolute atomic E-state index is 11.2. The average molecular weight is 269 g/mol. The van der Waals surface area contributed by atoms with Crippen molar-refractivity contribution in [3.63, 3.8) is 0 Å². The molecule has 2 rings (SSSR count). The Bertz CT molecular complexity index is 484. The van der Waals surface area contributed by atoms with Crippen LogP contribution in [0.5, 0.6) is 0 Å². The first-order valence-corrected chi connectivity index (χ1v) is 6.35. The summed E-state index contributed by atoms with van der Waals surface area (Å²) in [4.78, 5) is 11.2. The molecule has 4 N–H and O–H groups in total. The maximum atomic E-state index is 11.2. The number of aromatic carboxylic acids is 1. The van der Waals surface area contributed by atoms with Gasteiger partial charge in [-0.25, -0.2) is 4.79 Å². The van der Waals surface area contributed by atoms with Gasteiger partial charge in [-0.15, -0.1) is 0 Å². The Kier molecular flexibility index (Phi) is 3.39. The number of carbonyl (C=O) groups is 1. The first kappa shape index (κ1) is 13.0. The second kappa shape index (κ2) is 4.69. The fraction of sp³-hybridized carbons (Fsp3) is 0.462. The fourth-order valence-electron chi connectivity index (χ4n) is 2.23. The van der Waals surface area contributed by atoms with Crippen molar-refractivity contribution in [1.29, 1.82) is 0 Å². The normalized spacial score (nSPS) is 17.0. The molecular weight excluding hydrogens is 252 g/mol. The Balaban J connectivity index is 2.22. The number of rotatable bonds is 4. The van der Waals surface area contributed by atoms with E-state index < -0.39 is 5.97 Å². The van der Waals surface area contributed by atoms with E-state index in [1.54, 1.807) is 6.07 Å². The minimum Gasteiger partial charge on any atom is -0.478 e.